The van der Waals surface area contributed by atoms with Crippen LogP contribution in [0.4, 0.5) is 0 Å². The monoisotopic (exact) mass is 393 g/mol. The van der Waals surface area contributed by atoms with Crippen molar-refractivity contribution < 1.29 is 9.21 Å². The van der Waals surface area contributed by atoms with Gasteiger partial charge in [0.2, 0.25) is 5.89 Å². The van der Waals surface area contributed by atoms with Crippen molar-refractivity contribution in [2.75, 3.05) is 0 Å². The molecular formula is C22H27N5O2. The largest absolute Gasteiger partial charge is 0.441 e. The molecule has 7 heteroatoms. The molecule has 0 unspecified atom stereocenters. The van der Waals surface area contributed by atoms with Crippen molar-refractivity contribution in [1.29, 1.82) is 0 Å². The van der Waals surface area contributed by atoms with Crippen molar-refractivity contribution in [3.8, 4) is 11.5 Å². The minimum absolute atomic E-state index is 0.141. The maximum absolute atomic E-state index is 12.6. The van der Waals surface area contributed by atoms with Crippen molar-refractivity contribution in [3.63, 3.8) is 0 Å². The van der Waals surface area contributed by atoms with E-state index < -0.39 is 0 Å². The number of nitrogens with one attached hydrogen (secondary N) is 1. The number of aromatic nitrogens is 4. The van der Waals surface area contributed by atoms with Crippen LogP contribution in [-0.2, 0) is 6.54 Å². The number of rotatable bonds is 5. The van der Waals surface area contributed by atoms with Crippen LogP contribution in [-0.4, -0.2) is 31.9 Å². The van der Waals surface area contributed by atoms with Gasteiger partial charge < -0.3 is 9.73 Å². The molecule has 29 heavy (non-hydrogen) atoms. The highest BCUT2D eigenvalue weighted by atomic mass is 16.4. The lowest BCUT2D eigenvalue weighted by molar-refractivity contribution is 0.0922. The van der Waals surface area contributed by atoms with Gasteiger partial charge in [-0.15, -0.1) is 5.10 Å². The van der Waals surface area contributed by atoms with E-state index >= 15 is 0 Å². The first-order valence-corrected chi connectivity index (χ1v) is 10.3. The van der Waals surface area contributed by atoms with Gasteiger partial charge in [0, 0.05) is 11.6 Å². The molecular weight excluding hydrogens is 366 g/mol. The summed E-state index contributed by atoms with van der Waals surface area (Å²) < 4.78 is 7.56. The quantitative estimate of drug-likeness (QED) is 0.709. The molecule has 0 atom stereocenters. The summed E-state index contributed by atoms with van der Waals surface area (Å²) in [4.78, 5) is 17.3. The highest BCUT2D eigenvalue weighted by Gasteiger charge is 2.22. The molecule has 0 saturated heterocycles. The number of amides is 1. The molecule has 0 spiro atoms. The molecule has 1 N–H and O–H groups in total. The van der Waals surface area contributed by atoms with Crippen molar-refractivity contribution in [1.82, 2.24) is 25.3 Å². The second-order valence-electron chi connectivity index (χ2n) is 7.88. The van der Waals surface area contributed by atoms with E-state index in [1.54, 1.807) is 4.68 Å². The smallest absolute Gasteiger partial charge is 0.273 e. The van der Waals surface area contributed by atoms with E-state index in [4.69, 9.17) is 4.42 Å². The predicted molar refractivity (Wildman–Crippen MR) is 110 cm³/mol. The zero-order valence-electron chi connectivity index (χ0n) is 17.2. The molecule has 1 aliphatic carbocycles. The number of benzene rings is 1. The highest BCUT2D eigenvalue weighted by Crippen LogP contribution is 2.23. The third-order valence-corrected chi connectivity index (χ3v) is 5.63. The number of oxazole rings is 1. The van der Waals surface area contributed by atoms with Crippen molar-refractivity contribution in [2.45, 2.75) is 65.5 Å². The van der Waals surface area contributed by atoms with Gasteiger partial charge in [0.15, 0.2) is 5.69 Å². The van der Waals surface area contributed by atoms with E-state index in [2.05, 4.69) is 20.6 Å². The SMILES string of the molecule is Cc1ccc(-c2nc(Cn3nnc(C(=O)NC4CCCCC4)c3C)c(C)o2)cc1. The normalized spacial score (nSPS) is 14.9. The van der Waals surface area contributed by atoms with Gasteiger partial charge in [-0.1, -0.05) is 42.2 Å². The van der Waals surface area contributed by atoms with Crippen LogP contribution in [0, 0.1) is 20.8 Å². The number of hydrogen-bond donors (Lipinski definition) is 1. The average molecular weight is 393 g/mol. The number of hydrogen-bond acceptors (Lipinski definition) is 5. The Labute approximate surface area is 170 Å². The summed E-state index contributed by atoms with van der Waals surface area (Å²) in [5.41, 5.74) is 4.03. The second-order valence-corrected chi connectivity index (χ2v) is 7.88. The van der Waals surface area contributed by atoms with Gasteiger partial charge in [-0.25, -0.2) is 9.67 Å². The summed E-state index contributed by atoms with van der Waals surface area (Å²) in [6.45, 7) is 6.22. The number of carbonyl (C=O) groups is 1. The maximum atomic E-state index is 12.6. The molecule has 0 bridgehead atoms. The third kappa shape index (κ3) is 4.23. The minimum atomic E-state index is -0.141. The van der Waals surface area contributed by atoms with Crippen LogP contribution in [0.5, 0.6) is 0 Å². The highest BCUT2D eigenvalue weighted by molar-refractivity contribution is 5.93. The molecule has 3 aromatic rings. The van der Waals surface area contributed by atoms with Crippen LogP contribution >= 0.6 is 0 Å². The molecule has 1 aliphatic rings. The van der Waals surface area contributed by atoms with Crippen LogP contribution in [0.15, 0.2) is 28.7 Å². The molecule has 1 aromatic carbocycles. The van der Waals surface area contributed by atoms with Gasteiger partial charge in [0.1, 0.15) is 11.5 Å². The lowest BCUT2D eigenvalue weighted by atomic mass is 9.95. The zero-order valence-corrected chi connectivity index (χ0v) is 17.2. The average Bonchev–Trinajstić information content (AvgIpc) is 3.26. The molecule has 4 rings (SSSR count). The molecule has 0 aliphatic heterocycles. The Morgan fingerprint density at radius 3 is 2.59 bits per heavy atom. The molecule has 7 nitrogen and oxygen atoms in total. The van der Waals surface area contributed by atoms with E-state index in [0.717, 1.165) is 35.6 Å². The van der Waals surface area contributed by atoms with Crippen LogP contribution < -0.4 is 5.32 Å². The van der Waals surface area contributed by atoms with Crippen LogP contribution in [0.3, 0.4) is 0 Å². The predicted octanol–water partition coefficient (Wildman–Crippen LogP) is 3.97. The van der Waals surface area contributed by atoms with Crippen LogP contribution in [0.25, 0.3) is 11.5 Å². The van der Waals surface area contributed by atoms with Crippen molar-refractivity contribution in [3.05, 3.63) is 52.7 Å². The zero-order chi connectivity index (χ0) is 20.4. The molecule has 1 amide bonds. The van der Waals surface area contributed by atoms with Gasteiger partial charge in [0.25, 0.3) is 5.91 Å². The van der Waals surface area contributed by atoms with Gasteiger partial charge in [-0.2, -0.15) is 0 Å². The summed E-state index contributed by atoms with van der Waals surface area (Å²) in [5.74, 6) is 1.19. The first kappa shape index (κ1) is 19.4. The Morgan fingerprint density at radius 1 is 1.14 bits per heavy atom. The van der Waals surface area contributed by atoms with Gasteiger partial charge in [-0.05, 0) is 45.7 Å². The Hall–Kier alpha value is -2.96. The first-order valence-electron chi connectivity index (χ1n) is 10.3. The standard InChI is InChI=1S/C22H27N5O2/c1-14-9-11-17(12-10-14)22-24-19(16(3)29-22)13-27-15(2)20(25-26-27)21(28)23-18-7-5-4-6-8-18/h9-12,18H,4-8,13H2,1-3H3,(H,23,28). The Morgan fingerprint density at radius 2 is 1.86 bits per heavy atom. The second kappa shape index (κ2) is 8.19. The summed E-state index contributed by atoms with van der Waals surface area (Å²) >= 11 is 0. The van der Waals surface area contributed by atoms with E-state index in [-0.39, 0.29) is 11.9 Å². The third-order valence-electron chi connectivity index (χ3n) is 5.63. The van der Waals surface area contributed by atoms with Crippen LogP contribution in [0.1, 0.15) is 65.3 Å². The summed E-state index contributed by atoms with van der Waals surface area (Å²) in [5, 5.41) is 11.4. The van der Waals surface area contributed by atoms with E-state index in [1.165, 1.54) is 24.8 Å². The summed E-state index contributed by atoms with van der Waals surface area (Å²) in [6.07, 6.45) is 5.68. The van der Waals surface area contributed by atoms with Gasteiger partial charge in [0.05, 0.1) is 12.2 Å². The van der Waals surface area contributed by atoms with E-state index in [1.807, 2.05) is 45.0 Å². The first-order chi connectivity index (χ1) is 14.0. The number of carbonyl (C=O) groups excluding carboxylic acids is 1. The molecule has 2 heterocycles. The fourth-order valence-corrected chi connectivity index (χ4v) is 3.76. The summed E-state index contributed by atoms with van der Waals surface area (Å²) in [7, 11) is 0. The van der Waals surface area contributed by atoms with Gasteiger partial charge in [-0.3, -0.25) is 4.79 Å². The summed E-state index contributed by atoms with van der Waals surface area (Å²) in [6, 6.07) is 8.31. The van der Waals surface area contributed by atoms with Crippen molar-refractivity contribution in [2.24, 2.45) is 0 Å². The lowest BCUT2D eigenvalue weighted by Crippen LogP contribution is -2.36. The fourth-order valence-electron chi connectivity index (χ4n) is 3.76. The van der Waals surface area contributed by atoms with E-state index in [0.29, 0.717) is 18.1 Å². The molecule has 2 aromatic heterocycles. The molecule has 152 valence electrons. The number of aryl methyl sites for hydroxylation is 2. The number of nitrogens with zero attached hydrogens (tertiary/aromatic N) is 4. The lowest BCUT2D eigenvalue weighted by Gasteiger charge is -2.22. The van der Waals surface area contributed by atoms with Gasteiger partial charge >= 0.3 is 0 Å². The van der Waals surface area contributed by atoms with Crippen LogP contribution in [0.2, 0.25) is 0 Å². The van der Waals surface area contributed by atoms with Crippen molar-refractivity contribution >= 4 is 5.91 Å². The van der Waals surface area contributed by atoms with E-state index in [9.17, 15) is 4.79 Å². The minimum Gasteiger partial charge on any atom is -0.441 e. The molecule has 1 saturated carbocycles. The fraction of sp³-hybridized carbons (Fsp3) is 0.455. The Kier molecular flexibility index (Phi) is 5.47. The maximum Gasteiger partial charge on any atom is 0.273 e. The molecule has 0 radical (unpaired) electrons. The topological polar surface area (TPSA) is 85.8 Å². The molecule has 1 fully saturated rings. The Bertz CT molecular complexity index is 997. The Balaban J connectivity index is 1.49.